The van der Waals surface area contributed by atoms with Crippen molar-refractivity contribution in [3.8, 4) is 11.3 Å². The number of carbonyl (C=O) groups excluding carboxylic acids is 1. The van der Waals surface area contributed by atoms with Gasteiger partial charge in [0.2, 0.25) is 0 Å². The number of hydrogen-bond donors (Lipinski definition) is 2. The van der Waals surface area contributed by atoms with Gasteiger partial charge in [-0.2, -0.15) is 4.37 Å². The highest BCUT2D eigenvalue weighted by molar-refractivity contribution is 7.04. The highest BCUT2D eigenvalue weighted by Gasteiger charge is 2.20. The molecule has 0 radical (unpaired) electrons. The van der Waals surface area contributed by atoms with Gasteiger partial charge in [-0.1, -0.05) is 57.6 Å². The van der Waals surface area contributed by atoms with Gasteiger partial charge in [0.25, 0.3) is 5.91 Å². The van der Waals surface area contributed by atoms with Crippen LogP contribution in [0.25, 0.3) is 11.3 Å². The van der Waals surface area contributed by atoms with E-state index in [1.807, 2.05) is 0 Å². The van der Waals surface area contributed by atoms with Gasteiger partial charge in [0, 0.05) is 16.5 Å². The molecular weight excluding hydrogens is 452 g/mol. The third kappa shape index (κ3) is 4.05. The highest BCUT2D eigenvalue weighted by Crippen LogP contribution is 2.39. The Morgan fingerprint density at radius 1 is 1.11 bits per heavy atom. The fourth-order valence-electron chi connectivity index (χ4n) is 2.34. The fraction of sp³-hybridized carbons (Fsp3) is 0. The first-order valence-corrected chi connectivity index (χ1v) is 9.64. The molecule has 0 atom stereocenters. The molecule has 5 nitrogen and oxygen atoms in total. The molecule has 2 N–H and O–H groups in total. The van der Waals surface area contributed by atoms with Crippen molar-refractivity contribution in [1.82, 2.24) is 4.37 Å². The van der Waals surface area contributed by atoms with Gasteiger partial charge in [-0.25, -0.2) is 0 Å². The topological polar surface area (TPSA) is 74.6 Å². The lowest BCUT2D eigenvalue weighted by Crippen LogP contribution is -2.13. The molecule has 2 aromatic carbocycles. The van der Waals surface area contributed by atoms with Gasteiger partial charge < -0.3 is 10.5 Å². The first-order valence-electron chi connectivity index (χ1n) is 7.29. The van der Waals surface area contributed by atoms with Crippen molar-refractivity contribution < 1.29 is 10.0 Å². The Labute approximate surface area is 178 Å². The Balaban J connectivity index is 1.98. The molecule has 0 saturated carbocycles. The average molecular weight is 461 g/mol. The highest BCUT2D eigenvalue weighted by atomic mass is 35.5. The lowest BCUT2D eigenvalue weighted by molar-refractivity contribution is 0.102. The Morgan fingerprint density at radius 3 is 2.48 bits per heavy atom. The third-order valence-electron chi connectivity index (χ3n) is 3.58. The third-order valence-corrected chi connectivity index (χ3v) is 5.57. The second-order valence-electron chi connectivity index (χ2n) is 5.19. The molecule has 0 aliphatic carbocycles. The van der Waals surface area contributed by atoms with E-state index >= 15 is 0 Å². The summed E-state index contributed by atoms with van der Waals surface area (Å²) in [5, 5.41) is 17.2. The summed E-state index contributed by atoms with van der Waals surface area (Å²) < 4.78 is 4.29. The van der Waals surface area contributed by atoms with Crippen LogP contribution in [-0.4, -0.2) is 21.7 Å². The zero-order valence-electron chi connectivity index (χ0n) is 13.2. The summed E-state index contributed by atoms with van der Waals surface area (Å²) in [6.45, 7) is 0. The molecule has 27 heavy (non-hydrogen) atoms. The molecule has 10 heteroatoms. The summed E-state index contributed by atoms with van der Waals surface area (Å²) in [5.74, 6) is -0.492. The van der Waals surface area contributed by atoms with E-state index in [2.05, 4.69) is 14.8 Å². The predicted molar refractivity (Wildman–Crippen MR) is 111 cm³/mol. The predicted octanol–water partition coefficient (Wildman–Crippen LogP) is 6.48. The normalized spacial score (nSPS) is 11.1. The van der Waals surface area contributed by atoms with Crippen LogP contribution in [0.5, 0.6) is 0 Å². The minimum absolute atomic E-state index is 0.0540. The van der Waals surface area contributed by atoms with E-state index in [1.165, 1.54) is 12.1 Å². The number of aromatic nitrogens is 1. The quantitative estimate of drug-likeness (QED) is 0.265. The molecule has 0 aliphatic rings. The molecular formula is C17H9Cl4N3O2S. The monoisotopic (exact) mass is 459 g/mol. The maximum Gasteiger partial charge on any atom is 0.257 e. The van der Waals surface area contributed by atoms with E-state index < -0.39 is 5.91 Å². The van der Waals surface area contributed by atoms with Crippen molar-refractivity contribution >= 4 is 75.7 Å². The number of anilines is 1. The smallest absolute Gasteiger partial charge is 0.257 e. The van der Waals surface area contributed by atoms with Gasteiger partial charge in [0.05, 0.1) is 37.6 Å². The lowest BCUT2D eigenvalue weighted by Gasteiger charge is -2.11. The molecule has 1 amide bonds. The Bertz CT molecular complexity index is 1030. The maximum absolute atomic E-state index is 12.7. The number of nitrogens with one attached hydrogen (secondary N) is 1. The second kappa shape index (κ2) is 8.46. The number of nitrogens with zero attached hydrogens (tertiary/aromatic N) is 2. The maximum atomic E-state index is 12.7. The molecule has 0 bridgehead atoms. The van der Waals surface area contributed by atoms with E-state index in [4.69, 9.17) is 51.6 Å². The van der Waals surface area contributed by atoms with Crippen molar-refractivity contribution in [3.05, 3.63) is 66.9 Å². The van der Waals surface area contributed by atoms with Crippen molar-refractivity contribution in [2.24, 2.45) is 5.16 Å². The van der Waals surface area contributed by atoms with Gasteiger partial charge in [-0.3, -0.25) is 4.79 Å². The van der Waals surface area contributed by atoms with Gasteiger partial charge in [0.15, 0.2) is 0 Å². The SMILES string of the molecule is O=C(Nc1csnc1-c1c(Cl)cccc1Cl)c1ccc(Cl)c(/C=N/O)c1Cl. The van der Waals surface area contributed by atoms with E-state index in [0.29, 0.717) is 27.0 Å². The minimum Gasteiger partial charge on any atom is -0.411 e. The van der Waals surface area contributed by atoms with Crippen LogP contribution in [0.2, 0.25) is 20.1 Å². The van der Waals surface area contributed by atoms with Gasteiger partial charge >= 0.3 is 0 Å². The summed E-state index contributed by atoms with van der Waals surface area (Å²) in [6.07, 6.45) is 1.06. The second-order valence-corrected chi connectivity index (χ2v) is 7.42. The first-order chi connectivity index (χ1) is 12.9. The van der Waals surface area contributed by atoms with Crippen LogP contribution in [0.1, 0.15) is 15.9 Å². The molecule has 0 unspecified atom stereocenters. The van der Waals surface area contributed by atoms with Crippen LogP contribution in [-0.2, 0) is 0 Å². The summed E-state index contributed by atoms with van der Waals surface area (Å²) in [4.78, 5) is 12.7. The van der Waals surface area contributed by atoms with Gasteiger partial charge in [-0.05, 0) is 35.8 Å². The van der Waals surface area contributed by atoms with Crippen LogP contribution in [0.3, 0.4) is 0 Å². The zero-order valence-corrected chi connectivity index (χ0v) is 17.1. The average Bonchev–Trinajstić information content (AvgIpc) is 3.06. The summed E-state index contributed by atoms with van der Waals surface area (Å²) in [6, 6.07) is 8.04. The Hall–Kier alpha value is -1.83. The largest absolute Gasteiger partial charge is 0.411 e. The molecule has 3 rings (SSSR count). The van der Waals surface area contributed by atoms with Crippen molar-refractivity contribution in [2.75, 3.05) is 5.32 Å². The molecule has 0 fully saturated rings. The van der Waals surface area contributed by atoms with E-state index in [-0.39, 0.29) is 21.2 Å². The first kappa shape index (κ1) is 19.9. The van der Waals surface area contributed by atoms with Crippen LogP contribution in [0.4, 0.5) is 5.69 Å². The number of amides is 1. The molecule has 0 aliphatic heterocycles. The summed E-state index contributed by atoms with van der Waals surface area (Å²) >= 11 is 25.9. The molecule has 0 spiro atoms. The van der Waals surface area contributed by atoms with Crippen molar-refractivity contribution in [2.45, 2.75) is 0 Å². The minimum atomic E-state index is -0.492. The van der Waals surface area contributed by atoms with Gasteiger partial charge in [0.1, 0.15) is 5.69 Å². The number of rotatable bonds is 4. The summed E-state index contributed by atoms with van der Waals surface area (Å²) in [7, 11) is 0. The van der Waals surface area contributed by atoms with Crippen molar-refractivity contribution in [3.63, 3.8) is 0 Å². The fourth-order valence-corrected chi connectivity index (χ4v) is 4.09. The standard InChI is InChI=1S/C17H9Cl4N3O2S/c18-10-5-4-8(15(21)9(10)6-22-26)17(25)23-13-7-27-24-16(13)14-11(19)2-1-3-12(14)20/h1-7,26H,(H,23,25)/b22-6+. The van der Waals surface area contributed by atoms with E-state index in [1.54, 1.807) is 23.6 Å². The lowest BCUT2D eigenvalue weighted by atomic mass is 10.1. The molecule has 138 valence electrons. The molecule has 1 heterocycles. The number of hydrogen-bond acceptors (Lipinski definition) is 5. The van der Waals surface area contributed by atoms with E-state index in [0.717, 1.165) is 17.7 Å². The zero-order chi connectivity index (χ0) is 19.6. The molecule has 0 saturated heterocycles. The van der Waals surface area contributed by atoms with Gasteiger partial charge in [-0.15, -0.1) is 0 Å². The molecule has 3 aromatic rings. The summed E-state index contributed by atoms with van der Waals surface area (Å²) in [5.41, 5.74) is 1.78. The van der Waals surface area contributed by atoms with Crippen LogP contribution in [0.15, 0.2) is 40.9 Å². The number of carbonyl (C=O) groups is 1. The Morgan fingerprint density at radius 2 is 1.81 bits per heavy atom. The van der Waals surface area contributed by atoms with Crippen LogP contribution >= 0.6 is 57.9 Å². The Kier molecular flexibility index (Phi) is 6.24. The van der Waals surface area contributed by atoms with Crippen LogP contribution < -0.4 is 5.32 Å². The molecule has 1 aromatic heterocycles. The van der Waals surface area contributed by atoms with Crippen LogP contribution in [0, 0.1) is 0 Å². The van der Waals surface area contributed by atoms with E-state index in [9.17, 15) is 4.79 Å². The number of halogens is 4. The van der Waals surface area contributed by atoms with Crippen molar-refractivity contribution in [1.29, 1.82) is 0 Å². The number of oxime groups is 1. The number of benzene rings is 2.